The summed E-state index contributed by atoms with van der Waals surface area (Å²) in [7, 11) is 1.59. The van der Waals surface area contributed by atoms with Crippen molar-refractivity contribution in [3.8, 4) is 11.5 Å². The molecule has 0 aliphatic rings. The average molecular weight is 211 g/mol. The molecule has 1 rings (SSSR count). The number of rotatable bonds is 6. The summed E-state index contributed by atoms with van der Waals surface area (Å²) in [6, 6.07) is 5.27. The van der Waals surface area contributed by atoms with Crippen LogP contribution < -0.4 is 15.2 Å². The van der Waals surface area contributed by atoms with Crippen LogP contribution in [0.15, 0.2) is 18.2 Å². The molecule has 4 nitrogen and oxygen atoms in total. The van der Waals surface area contributed by atoms with Crippen LogP contribution >= 0.6 is 0 Å². The van der Waals surface area contributed by atoms with Crippen molar-refractivity contribution in [3.05, 3.63) is 18.2 Å². The molecule has 0 bridgehead atoms. The fourth-order valence-corrected chi connectivity index (χ4v) is 1.20. The first-order valence-corrected chi connectivity index (χ1v) is 4.95. The molecule has 0 saturated carbocycles. The molecule has 15 heavy (non-hydrogen) atoms. The Morgan fingerprint density at radius 2 is 2.07 bits per heavy atom. The van der Waals surface area contributed by atoms with Gasteiger partial charge in [-0.05, 0) is 25.0 Å². The number of nitrogens with two attached hydrogens (primary N) is 1. The van der Waals surface area contributed by atoms with E-state index >= 15 is 0 Å². The van der Waals surface area contributed by atoms with Crippen molar-refractivity contribution in [3.63, 3.8) is 0 Å². The zero-order chi connectivity index (χ0) is 11.1. The highest BCUT2D eigenvalue weighted by Crippen LogP contribution is 2.28. The molecule has 0 amide bonds. The van der Waals surface area contributed by atoms with Gasteiger partial charge in [0.1, 0.15) is 0 Å². The van der Waals surface area contributed by atoms with Crippen molar-refractivity contribution in [2.24, 2.45) is 0 Å². The Bertz CT molecular complexity index is 302. The number of ether oxygens (including phenoxy) is 2. The van der Waals surface area contributed by atoms with Crippen LogP contribution in [0.1, 0.15) is 12.8 Å². The van der Waals surface area contributed by atoms with E-state index in [1.165, 1.54) is 0 Å². The Kier molecular flexibility index (Phi) is 4.77. The molecule has 0 radical (unpaired) electrons. The molecule has 0 atom stereocenters. The molecule has 0 saturated heterocycles. The van der Waals surface area contributed by atoms with Gasteiger partial charge in [-0.3, -0.25) is 0 Å². The van der Waals surface area contributed by atoms with Gasteiger partial charge < -0.3 is 20.3 Å². The van der Waals surface area contributed by atoms with Crippen molar-refractivity contribution in [1.82, 2.24) is 0 Å². The zero-order valence-corrected chi connectivity index (χ0v) is 8.90. The van der Waals surface area contributed by atoms with Gasteiger partial charge in [0.15, 0.2) is 11.5 Å². The van der Waals surface area contributed by atoms with Crippen LogP contribution in [-0.4, -0.2) is 25.4 Å². The van der Waals surface area contributed by atoms with Crippen LogP contribution in [0.4, 0.5) is 5.69 Å². The fraction of sp³-hybridized carbons (Fsp3) is 0.455. The van der Waals surface area contributed by atoms with E-state index in [0.29, 0.717) is 23.8 Å². The highest BCUT2D eigenvalue weighted by atomic mass is 16.5. The van der Waals surface area contributed by atoms with E-state index < -0.39 is 0 Å². The number of unbranched alkanes of at least 4 members (excludes halogenated alkanes) is 1. The first-order chi connectivity index (χ1) is 7.27. The predicted molar refractivity (Wildman–Crippen MR) is 59.2 cm³/mol. The van der Waals surface area contributed by atoms with Crippen LogP contribution in [0.3, 0.4) is 0 Å². The minimum Gasteiger partial charge on any atom is -0.493 e. The van der Waals surface area contributed by atoms with Crippen molar-refractivity contribution in [2.45, 2.75) is 12.8 Å². The van der Waals surface area contributed by atoms with Crippen LogP contribution in [0.5, 0.6) is 11.5 Å². The van der Waals surface area contributed by atoms with Gasteiger partial charge in [-0.2, -0.15) is 0 Å². The van der Waals surface area contributed by atoms with Gasteiger partial charge in [0.05, 0.1) is 13.7 Å². The second kappa shape index (κ2) is 6.14. The van der Waals surface area contributed by atoms with E-state index in [2.05, 4.69) is 0 Å². The highest BCUT2D eigenvalue weighted by Gasteiger charge is 2.03. The van der Waals surface area contributed by atoms with Crippen molar-refractivity contribution in [2.75, 3.05) is 26.1 Å². The molecule has 0 unspecified atom stereocenters. The van der Waals surface area contributed by atoms with E-state index in [-0.39, 0.29) is 6.61 Å². The van der Waals surface area contributed by atoms with Gasteiger partial charge in [0, 0.05) is 18.4 Å². The number of nitrogen functional groups attached to an aromatic ring is 1. The molecule has 0 spiro atoms. The number of benzene rings is 1. The Balaban J connectivity index is 2.54. The van der Waals surface area contributed by atoms with Gasteiger partial charge in [-0.15, -0.1) is 0 Å². The summed E-state index contributed by atoms with van der Waals surface area (Å²) in [5.41, 5.74) is 6.28. The fourth-order valence-electron chi connectivity index (χ4n) is 1.20. The standard InChI is InChI=1S/C11H17NO3/c1-14-10-5-4-9(12)8-11(10)15-7-3-2-6-13/h4-5,8,13H,2-3,6-7,12H2,1H3. The Morgan fingerprint density at radius 1 is 1.27 bits per heavy atom. The summed E-state index contributed by atoms with van der Waals surface area (Å²) < 4.78 is 10.6. The number of hydrogen-bond acceptors (Lipinski definition) is 4. The Hall–Kier alpha value is -1.42. The quantitative estimate of drug-likeness (QED) is 0.552. The normalized spacial score (nSPS) is 10.0. The highest BCUT2D eigenvalue weighted by molar-refractivity contribution is 5.51. The second-order valence-electron chi connectivity index (χ2n) is 3.19. The van der Waals surface area contributed by atoms with Crippen molar-refractivity contribution >= 4 is 5.69 Å². The van der Waals surface area contributed by atoms with Crippen LogP contribution in [-0.2, 0) is 0 Å². The number of anilines is 1. The molecule has 84 valence electrons. The first kappa shape index (κ1) is 11.7. The molecule has 0 fully saturated rings. The second-order valence-corrected chi connectivity index (χ2v) is 3.19. The maximum Gasteiger partial charge on any atom is 0.163 e. The maximum atomic E-state index is 8.61. The Morgan fingerprint density at radius 3 is 2.73 bits per heavy atom. The molecule has 1 aromatic rings. The minimum atomic E-state index is 0.192. The number of methoxy groups -OCH3 is 1. The Labute approximate surface area is 89.6 Å². The molecule has 4 heteroatoms. The molecular weight excluding hydrogens is 194 g/mol. The lowest BCUT2D eigenvalue weighted by atomic mass is 10.3. The van der Waals surface area contributed by atoms with Gasteiger partial charge in [-0.25, -0.2) is 0 Å². The lowest BCUT2D eigenvalue weighted by Crippen LogP contribution is -2.01. The third-order valence-electron chi connectivity index (χ3n) is 2.00. The molecule has 1 aromatic carbocycles. The van der Waals surface area contributed by atoms with E-state index in [9.17, 15) is 0 Å². The molecule has 0 aliphatic heterocycles. The monoisotopic (exact) mass is 211 g/mol. The molecule has 0 aliphatic carbocycles. The summed E-state index contributed by atoms with van der Waals surface area (Å²) in [6.07, 6.45) is 1.55. The average Bonchev–Trinajstić information content (AvgIpc) is 2.25. The van der Waals surface area contributed by atoms with Crippen molar-refractivity contribution < 1.29 is 14.6 Å². The van der Waals surface area contributed by atoms with Crippen molar-refractivity contribution in [1.29, 1.82) is 0 Å². The number of aliphatic hydroxyl groups is 1. The SMILES string of the molecule is COc1ccc(N)cc1OCCCCO. The third-order valence-corrected chi connectivity index (χ3v) is 2.00. The zero-order valence-electron chi connectivity index (χ0n) is 8.90. The van der Waals surface area contributed by atoms with E-state index in [4.69, 9.17) is 20.3 Å². The van der Waals surface area contributed by atoms with E-state index in [1.807, 2.05) is 0 Å². The summed E-state index contributed by atoms with van der Waals surface area (Å²) in [5, 5.41) is 8.61. The topological polar surface area (TPSA) is 64.7 Å². The lowest BCUT2D eigenvalue weighted by Gasteiger charge is -2.10. The summed E-state index contributed by atoms with van der Waals surface area (Å²) >= 11 is 0. The molecule has 0 heterocycles. The molecule has 0 aromatic heterocycles. The van der Waals surface area contributed by atoms with Gasteiger partial charge in [-0.1, -0.05) is 0 Å². The summed E-state index contributed by atoms with van der Waals surface area (Å²) in [6.45, 7) is 0.748. The van der Waals surface area contributed by atoms with Crippen LogP contribution in [0.25, 0.3) is 0 Å². The lowest BCUT2D eigenvalue weighted by molar-refractivity contribution is 0.247. The largest absolute Gasteiger partial charge is 0.493 e. The number of aliphatic hydroxyl groups excluding tert-OH is 1. The molecule has 3 N–H and O–H groups in total. The third kappa shape index (κ3) is 3.67. The van der Waals surface area contributed by atoms with Crippen LogP contribution in [0.2, 0.25) is 0 Å². The molecular formula is C11H17NO3. The summed E-state index contributed by atoms with van der Waals surface area (Å²) in [4.78, 5) is 0. The van der Waals surface area contributed by atoms with E-state index in [1.54, 1.807) is 25.3 Å². The number of hydrogen-bond donors (Lipinski definition) is 2. The first-order valence-electron chi connectivity index (χ1n) is 4.95. The minimum absolute atomic E-state index is 0.192. The van der Waals surface area contributed by atoms with E-state index in [0.717, 1.165) is 12.8 Å². The maximum absolute atomic E-state index is 8.61. The van der Waals surface area contributed by atoms with Gasteiger partial charge in [0.25, 0.3) is 0 Å². The summed E-state index contributed by atoms with van der Waals surface area (Å²) in [5.74, 6) is 1.32. The predicted octanol–water partition coefficient (Wildman–Crippen LogP) is 1.43. The van der Waals surface area contributed by atoms with Gasteiger partial charge in [0.2, 0.25) is 0 Å². The van der Waals surface area contributed by atoms with Gasteiger partial charge >= 0.3 is 0 Å². The van der Waals surface area contributed by atoms with Crippen LogP contribution in [0, 0.1) is 0 Å². The smallest absolute Gasteiger partial charge is 0.163 e.